The van der Waals surface area contributed by atoms with E-state index in [0.29, 0.717) is 0 Å². The number of benzene rings is 7. The van der Waals surface area contributed by atoms with Gasteiger partial charge in [0.2, 0.25) is 0 Å². The van der Waals surface area contributed by atoms with Crippen LogP contribution in [0.15, 0.2) is 164 Å². The third-order valence-corrected chi connectivity index (χ3v) is 10.6. The molecule has 0 radical (unpaired) electrons. The minimum atomic E-state index is 0.721. The van der Waals surface area contributed by atoms with E-state index < -0.39 is 0 Å². The molecule has 49 heavy (non-hydrogen) atoms. The number of fused-ring (bicyclic) bond motifs is 8. The Labute approximate surface area is 286 Å². The summed E-state index contributed by atoms with van der Waals surface area (Å²) >= 11 is 1.83. The molecule has 3 nitrogen and oxygen atoms in total. The van der Waals surface area contributed by atoms with Crippen LogP contribution in [0, 0.1) is 0 Å². The molecule has 7 aromatic carbocycles. The zero-order valence-corrected chi connectivity index (χ0v) is 27.2. The van der Waals surface area contributed by atoms with Crippen LogP contribution in [0.1, 0.15) is 0 Å². The summed E-state index contributed by atoms with van der Waals surface area (Å²) in [7, 11) is 0. The molecule has 0 saturated carbocycles. The van der Waals surface area contributed by atoms with Crippen molar-refractivity contribution in [2.24, 2.45) is 0 Å². The summed E-state index contributed by atoms with van der Waals surface area (Å²) in [6.07, 6.45) is 0. The number of hydrogen-bond acceptors (Lipinski definition) is 4. The van der Waals surface area contributed by atoms with Crippen LogP contribution >= 0.6 is 11.3 Å². The molecular weight excluding hydrogens is 615 g/mol. The largest absolute Gasteiger partial charge is 0.247 e. The van der Waals surface area contributed by atoms with Crippen molar-refractivity contribution in [2.75, 3.05) is 0 Å². The van der Waals surface area contributed by atoms with Gasteiger partial charge in [-0.2, -0.15) is 0 Å². The minimum absolute atomic E-state index is 0.721. The van der Waals surface area contributed by atoms with Crippen molar-refractivity contribution < 1.29 is 0 Å². The molecule has 0 bridgehead atoms. The van der Waals surface area contributed by atoms with Crippen LogP contribution in [0.4, 0.5) is 0 Å². The fourth-order valence-corrected chi connectivity index (χ4v) is 8.24. The highest BCUT2D eigenvalue weighted by molar-refractivity contribution is 7.26. The van der Waals surface area contributed by atoms with Crippen LogP contribution in [0.3, 0.4) is 0 Å². The molecule has 0 N–H and O–H groups in total. The highest BCUT2D eigenvalue weighted by atomic mass is 32.1. The molecule has 0 saturated heterocycles. The third kappa shape index (κ3) is 4.61. The first-order valence-electron chi connectivity index (χ1n) is 16.4. The van der Waals surface area contributed by atoms with Gasteiger partial charge in [-0.15, -0.1) is 11.3 Å². The van der Waals surface area contributed by atoms with Gasteiger partial charge in [-0.25, -0.2) is 15.0 Å². The molecule has 0 aliphatic heterocycles. The van der Waals surface area contributed by atoms with E-state index in [1.165, 1.54) is 36.7 Å². The van der Waals surface area contributed by atoms with Gasteiger partial charge in [-0.05, 0) is 47.5 Å². The number of aromatic nitrogens is 3. The smallest absolute Gasteiger partial charge is 0.160 e. The van der Waals surface area contributed by atoms with Crippen molar-refractivity contribution in [1.29, 1.82) is 0 Å². The maximum atomic E-state index is 5.26. The number of rotatable bonds is 4. The lowest BCUT2D eigenvalue weighted by atomic mass is 9.96. The molecule has 0 unspecified atom stereocenters. The summed E-state index contributed by atoms with van der Waals surface area (Å²) in [6.45, 7) is 0. The van der Waals surface area contributed by atoms with E-state index in [0.717, 1.165) is 61.1 Å². The van der Waals surface area contributed by atoms with Crippen LogP contribution in [-0.2, 0) is 0 Å². The number of hydrogen-bond donors (Lipinski definition) is 0. The quantitative estimate of drug-likeness (QED) is 0.180. The number of nitrogens with zero attached hydrogens (tertiary/aromatic N) is 3. The third-order valence-electron chi connectivity index (χ3n) is 9.47. The highest BCUT2D eigenvalue weighted by Gasteiger charge is 2.18. The van der Waals surface area contributed by atoms with Crippen LogP contribution < -0.4 is 0 Å². The van der Waals surface area contributed by atoms with Crippen LogP contribution in [0.25, 0.3) is 97.8 Å². The summed E-state index contributed by atoms with van der Waals surface area (Å²) < 4.78 is 2.50. The Morgan fingerprint density at radius 2 is 0.878 bits per heavy atom. The maximum Gasteiger partial charge on any atom is 0.160 e. The molecule has 4 heteroatoms. The van der Waals surface area contributed by atoms with Crippen molar-refractivity contribution in [3.8, 4) is 45.0 Å². The van der Waals surface area contributed by atoms with Gasteiger partial charge in [0.15, 0.2) is 5.82 Å². The van der Waals surface area contributed by atoms with E-state index in [2.05, 4.69) is 152 Å². The predicted octanol–water partition coefficient (Wildman–Crippen LogP) is 12.4. The number of thiophene rings is 1. The van der Waals surface area contributed by atoms with E-state index in [4.69, 9.17) is 15.0 Å². The molecule has 0 aliphatic rings. The first kappa shape index (κ1) is 27.8. The Balaban J connectivity index is 1.20. The molecule has 0 aliphatic carbocycles. The van der Waals surface area contributed by atoms with E-state index in [1.807, 2.05) is 23.5 Å². The SMILES string of the molecule is c1ccc(-c2ccc(-c3nc(-c4ccc5sc6ccc7c(-c8ccccc8)nc8ccccc8c7c6c5c4)nc4ccccc34)cc2)cc1. The van der Waals surface area contributed by atoms with Gasteiger partial charge in [0.25, 0.3) is 0 Å². The Hall–Kier alpha value is -6.23. The second kappa shape index (κ2) is 11.2. The molecule has 0 atom stereocenters. The van der Waals surface area contributed by atoms with Crippen molar-refractivity contribution in [1.82, 2.24) is 15.0 Å². The lowest BCUT2D eigenvalue weighted by Gasteiger charge is -2.12. The molecule has 0 fully saturated rings. The Morgan fingerprint density at radius 1 is 0.327 bits per heavy atom. The van der Waals surface area contributed by atoms with Gasteiger partial charge in [0.05, 0.1) is 22.4 Å². The number of para-hydroxylation sites is 2. The van der Waals surface area contributed by atoms with Crippen LogP contribution in [0.5, 0.6) is 0 Å². The first-order valence-corrected chi connectivity index (χ1v) is 17.3. The van der Waals surface area contributed by atoms with Crippen LogP contribution in [-0.4, -0.2) is 15.0 Å². The van der Waals surface area contributed by atoms with Crippen molar-refractivity contribution in [3.63, 3.8) is 0 Å². The van der Waals surface area contributed by atoms with Gasteiger partial charge in [-0.3, -0.25) is 0 Å². The van der Waals surface area contributed by atoms with Gasteiger partial charge in [0.1, 0.15) is 0 Å². The fraction of sp³-hybridized carbons (Fsp3) is 0. The summed E-state index contributed by atoms with van der Waals surface area (Å²) in [5.74, 6) is 0.721. The normalized spacial score (nSPS) is 11.7. The van der Waals surface area contributed by atoms with Crippen molar-refractivity contribution in [2.45, 2.75) is 0 Å². The zero-order valence-electron chi connectivity index (χ0n) is 26.3. The maximum absolute atomic E-state index is 5.26. The molecular formula is C45H27N3S. The molecule has 3 aromatic heterocycles. The molecule has 228 valence electrons. The summed E-state index contributed by atoms with van der Waals surface area (Å²) in [5.41, 5.74) is 9.44. The Bertz CT molecular complexity index is 2860. The summed E-state index contributed by atoms with van der Waals surface area (Å²) in [6, 6.07) is 57.7. The van der Waals surface area contributed by atoms with Gasteiger partial charge in [0, 0.05) is 58.4 Å². The average Bonchev–Trinajstić information content (AvgIpc) is 3.56. The topological polar surface area (TPSA) is 38.7 Å². The van der Waals surface area contributed by atoms with E-state index >= 15 is 0 Å². The molecule has 3 heterocycles. The monoisotopic (exact) mass is 641 g/mol. The lowest BCUT2D eigenvalue weighted by molar-refractivity contribution is 1.23. The Morgan fingerprint density at radius 3 is 1.65 bits per heavy atom. The van der Waals surface area contributed by atoms with E-state index in [9.17, 15) is 0 Å². The van der Waals surface area contributed by atoms with Gasteiger partial charge >= 0.3 is 0 Å². The van der Waals surface area contributed by atoms with Crippen molar-refractivity contribution in [3.05, 3.63) is 164 Å². The second-order valence-corrected chi connectivity index (χ2v) is 13.5. The number of pyridine rings is 1. The zero-order chi connectivity index (χ0) is 32.3. The fourth-order valence-electron chi connectivity index (χ4n) is 7.14. The molecule has 0 spiro atoms. The Kier molecular flexibility index (Phi) is 6.36. The average molecular weight is 642 g/mol. The first-order chi connectivity index (χ1) is 24.3. The van der Waals surface area contributed by atoms with Gasteiger partial charge in [-0.1, -0.05) is 127 Å². The summed E-state index contributed by atoms with van der Waals surface area (Å²) in [4.78, 5) is 15.6. The molecule has 0 amide bonds. The van der Waals surface area contributed by atoms with Crippen molar-refractivity contribution >= 4 is 64.1 Å². The highest BCUT2D eigenvalue weighted by Crippen LogP contribution is 2.44. The standard InChI is InChI=1S/C45H27N3S/c1-3-11-28(12-4-1)29-19-21-31(22-20-29)43-34-16-8-10-18-38(34)47-45(48-43)32-23-25-39-36(27-32)42-40(49-39)26-24-35-41(42)33-15-7-9-17-37(33)46-44(35)30-13-5-2-6-14-30/h1-27H. The molecule has 10 rings (SSSR count). The predicted molar refractivity (Wildman–Crippen MR) is 207 cm³/mol. The lowest BCUT2D eigenvalue weighted by Crippen LogP contribution is -1.95. The minimum Gasteiger partial charge on any atom is -0.247 e. The van der Waals surface area contributed by atoms with Gasteiger partial charge < -0.3 is 0 Å². The molecule has 10 aromatic rings. The van der Waals surface area contributed by atoms with E-state index in [-0.39, 0.29) is 0 Å². The van der Waals surface area contributed by atoms with E-state index in [1.54, 1.807) is 0 Å². The van der Waals surface area contributed by atoms with Crippen LogP contribution in [0.2, 0.25) is 0 Å². The second-order valence-electron chi connectivity index (χ2n) is 12.4. The summed E-state index contributed by atoms with van der Waals surface area (Å²) in [5, 5.41) is 7.07.